The number of likely N-dealkylation sites (N-methyl/N-ethyl adjacent to an activating group) is 2. The van der Waals surface area contributed by atoms with E-state index in [9.17, 15) is 0 Å². The van der Waals surface area contributed by atoms with Gasteiger partial charge >= 0.3 is 0 Å². The van der Waals surface area contributed by atoms with E-state index in [1.165, 1.54) is 11.3 Å². The summed E-state index contributed by atoms with van der Waals surface area (Å²) in [5.41, 5.74) is 2.54. The third-order valence-corrected chi connectivity index (χ3v) is 2.92. The molecule has 0 radical (unpaired) electrons. The molecule has 1 heterocycles. The Morgan fingerprint density at radius 1 is 1.22 bits per heavy atom. The van der Waals surface area contributed by atoms with Crippen LogP contribution in [0.15, 0.2) is 18.5 Å². The van der Waals surface area contributed by atoms with Crippen LogP contribution in [0, 0.1) is 0 Å². The van der Waals surface area contributed by atoms with E-state index in [4.69, 9.17) is 0 Å². The van der Waals surface area contributed by atoms with E-state index in [2.05, 4.69) is 54.2 Å². The van der Waals surface area contributed by atoms with Gasteiger partial charge in [0.2, 0.25) is 0 Å². The second-order valence-corrected chi connectivity index (χ2v) is 4.91. The van der Waals surface area contributed by atoms with E-state index in [-0.39, 0.29) is 0 Å². The first-order valence-corrected chi connectivity index (χ1v) is 6.64. The van der Waals surface area contributed by atoms with Crippen LogP contribution in [0.3, 0.4) is 0 Å². The van der Waals surface area contributed by atoms with Gasteiger partial charge in [0.1, 0.15) is 0 Å². The molecule has 0 aliphatic rings. The lowest BCUT2D eigenvalue weighted by Gasteiger charge is -2.23. The normalized spacial score (nSPS) is 10.9. The van der Waals surface area contributed by atoms with Crippen molar-refractivity contribution in [1.29, 1.82) is 0 Å². The van der Waals surface area contributed by atoms with Crippen molar-refractivity contribution >= 4 is 5.69 Å². The Balaban J connectivity index is 2.62. The standard InChI is InChI=1S/C14H26N4/c1-5-7-15-11-13-6-8-16-12-14(13)18(4)10-9-17(2)3/h6,8,12,15H,5,7,9-11H2,1-4H3. The molecule has 102 valence electrons. The van der Waals surface area contributed by atoms with Gasteiger partial charge in [0.05, 0.1) is 11.9 Å². The Morgan fingerprint density at radius 2 is 2.00 bits per heavy atom. The highest BCUT2D eigenvalue weighted by molar-refractivity contribution is 5.50. The molecule has 0 amide bonds. The maximum absolute atomic E-state index is 4.24. The summed E-state index contributed by atoms with van der Waals surface area (Å²) in [6, 6.07) is 2.10. The Hall–Kier alpha value is -1.13. The quantitative estimate of drug-likeness (QED) is 0.710. The SMILES string of the molecule is CCCNCc1ccncc1N(C)CCN(C)C. The summed E-state index contributed by atoms with van der Waals surface area (Å²) in [6.07, 6.45) is 4.99. The Labute approximate surface area is 111 Å². The van der Waals surface area contributed by atoms with Crippen molar-refractivity contribution in [2.24, 2.45) is 0 Å². The number of anilines is 1. The predicted molar refractivity (Wildman–Crippen MR) is 78.1 cm³/mol. The molecule has 0 aliphatic heterocycles. The summed E-state index contributed by atoms with van der Waals surface area (Å²) in [7, 11) is 6.32. The number of rotatable bonds is 8. The summed E-state index contributed by atoms with van der Waals surface area (Å²) < 4.78 is 0. The molecule has 4 nitrogen and oxygen atoms in total. The minimum atomic E-state index is 0.915. The van der Waals surface area contributed by atoms with Gasteiger partial charge in [0, 0.05) is 32.9 Å². The molecule has 0 unspecified atom stereocenters. The molecule has 0 saturated heterocycles. The fourth-order valence-corrected chi connectivity index (χ4v) is 1.78. The molecule has 1 aromatic rings. The van der Waals surface area contributed by atoms with Gasteiger partial charge in [-0.2, -0.15) is 0 Å². The largest absolute Gasteiger partial charge is 0.372 e. The smallest absolute Gasteiger partial charge is 0.0596 e. The van der Waals surface area contributed by atoms with Crippen LogP contribution in [0.25, 0.3) is 0 Å². The van der Waals surface area contributed by atoms with Crippen molar-refractivity contribution in [3.8, 4) is 0 Å². The third-order valence-electron chi connectivity index (χ3n) is 2.92. The highest BCUT2D eigenvalue weighted by Gasteiger charge is 2.07. The van der Waals surface area contributed by atoms with Crippen LogP contribution in [0.5, 0.6) is 0 Å². The molecule has 0 spiro atoms. The van der Waals surface area contributed by atoms with Crippen LogP contribution in [0.2, 0.25) is 0 Å². The average molecular weight is 250 g/mol. The minimum absolute atomic E-state index is 0.915. The fraction of sp³-hybridized carbons (Fsp3) is 0.643. The lowest BCUT2D eigenvalue weighted by molar-refractivity contribution is 0.416. The van der Waals surface area contributed by atoms with Crippen LogP contribution in [-0.2, 0) is 6.54 Å². The Kier molecular flexibility index (Phi) is 6.68. The van der Waals surface area contributed by atoms with Crippen LogP contribution in [-0.4, -0.2) is 50.7 Å². The molecule has 0 fully saturated rings. The highest BCUT2D eigenvalue weighted by Crippen LogP contribution is 2.17. The summed E-state index contributed by atoms with van der Waals surface area (Å²) in [6.45, 7) is 6.22. The fourth-order valence-electron chi connectivity index (χ4n) is 1.78. The maximum atomic E-state index is 4.24. The van der Waals surface area contributed by atoms with Crippen LogP contribution >= 0.6 is 0 Å². The highest BCUT2D eigenvalue weighted by atomic mass is 15.2. The van der Waals surface area contributed by atoms with E-state index in [0.29, 0.717) is 0 Å². The number of nitrogens with zero attached hydrogens (tertiary/aromatic N) is 3. The van der Waals surface area contributed by atoms with Gasteiger partial charge in [-0.1, -0.05) is 6.92 Å². The predicted octanol–water partition coefficient (Wildman–Crippen LogP) is 1.58. The third kappa shape index (κ3) is 5.02. The molecule has 4 heteroatoms. The van der Waals surface area contributed by atoms with Crippen molar-refractivity contribution in [2.75, 3.05) is 45.7 Å². The van der Waals surface area contributed by atoms with E-state index < -0.39 is 0 Å². The van der Waals surface area contributed by atoms with Gasteiger partial charge in [-0.25, -0.2) is 0 Å². The molecule has 1 N–H and O–H groups in total. The second kappa shape index (κ2) is 8.06. The zero-order chi connectivity index (χ0) is 13.4. The van der Waals surface area contributed by atoms with Crippen molar-refractivity contribution in [1.82, 2.24) is 15.2 Å². The molecule has 18 heavy (non-hydrogen) atoms. The Bertz CT molecular complexity index is 338. The van der Waals surface area contributed by atoms with Crippen LogP contribution in [0.4, 0.5) is 5.69 Å². The number of hydrogen-bond acceptors (Lipinski definition) is 4. The molecule has 1 rings (SSSR count). The van der Waals surface area contributed by atoms with Crippen molar-refractivity contribution < 1.29 is 0 Å². The molecule has 0 saturated carbocycles. The first-order valence-electron chi connectivity index (χ1n) is 6.64. The number of nitrogens with one attached hydrogen (secondary N) is 1. The lowest BCUT2D eigenvalue weighted by Crippen LogP contribution is -2.29. The van der Waals surface area contributed by atoms with E-state index in [1.54, 1.807) is 0 Å². The molecule has 0 atom stereocenters. The van der Waals surface area contributed by atoms with Crippen LogP contribution in [0.1, 0.15) is 18.9 Å². The Morgan fingerprint density at radius 3 is 2.67 bits per heavy atom. The van der Waals surface area contributed by atoms with Crippen molar-refractivity contribution in [3.63, 3.8) is 0 Å². The monoisotopic (exact) mass is 250 g/mol. The number of hydrogen-bond donors (Lipinski definition) is 1. The summed E-state index contributed by atoms with van der Waals surface area (Å²) in [5, 5.41) is 3.45. The summed E-state index contributed by atoms with van der Waals surface area (Å²) in [5.74, 6) is 0. The van der Waals surface area contributed by atoms with Gasteiger partial charge in [-0.15, -0.1) is 0 Å². The summed E-state index contributed by atoms with van der Waals surface area (Å²) >= 11 is 0. The van der Waals surface area contributed by atoms with E-state index in [1.807, 2.05) is 12.4 Å². The molecule has 0 aromatic carbocycles. The van der Waals surface area contributed by atoms with Gasteiger partial charge < -0.3 is 15.1 Å². The van der Waals surface area contributed by atoms with Crippen molar-refractivity contribution in [2.45, 2.75) is 19.9 Å². The number of pyridine rings is 1. The van der Waals surface area contributed by atoms with Gasteiger partial charge in [-0.3, -0.25) is 4.98 Å². The zero-order valence-corrected chi connectivity index (χ0v) is 12.1. The minimum Gasteiger partial charge on any atom is -0.372 e. The lowest BCUT2D eigenvalue weighted by atomic mass is 10.2. The van der Waals surface area contributed by atoms with Gasteiger partial charge in [0.25, 0.3) is 0 Å². The first-order chi connectivity index (χ1) is 8.65. The van der Waals surface area contributed by atoms with Crippen molar-refractivity contribution in [3.05, 3.63) is 24.0 Å². The molecular formula is C14H26N4. The first kappa shape index (κ1) is 14.9. The van der Waals surface area contributed by atoms with Crippen LogP contribution < -0.4 is 10.2 Å². The molecule has 1 aromatic heterocycles. The number of aromatic nitrogens is 1. The molecule has 0 bridgehead atoms. The summed E-state index contributed by atoms with van der Waals surface area (Å²) in [4.78, 5) is 8.71. The molecular weight excluding hydrogens is 224 g/mol. The van der Waals surface area contributed by atoms with Gasteiger partial charge in [0.15, 0.2) is 0 Å². The van der Waals surface area contributed by atoms with Gasteiger partial charge in [-0.05, 0) is 38.7 Å². The topological polar surface area (TPSA) is 31.4 Å². The maximum Gasteiger partial charge on any atom is 0.0596 e. The van der Waals surface area contributed by atoms with E-state index >= 15 is 0 Å². The molecule has 0 aliphatic carbocycles. The second-order valence-electron chi connectivity index (χ2n) is 4.91. The van der Waals surface area contributed by atoms with E-state index in [0.717, 1.165) is 32.6 Å². The average Bonchev–Trinajstić information content (AvgIpc) is 2.37. The zero-order valence-electron chi connectivity index (χ0n) is 12.1.